The number of carboxylic acid groups (broad SMARTS) is 1. The molecule has 0 aliphatic heterocycles. The molecule has 0 radical (unpaired) electrons. The number of carboxylic acids is 1. The first-order chi connectivity index (χ1) is 8.50. The second kappa shape index (κ2) is 6.40. The Labute approximate surface area is 107 Å². The Hall–Kier alpha value is -1.55. The number of carbonyl (C=O) groups is 1. The summed E-state index contributed by atoms with van der Waals surface area (Å²) >= 11 is 0. The highest BCUT2D eigenvalue weighted by molar-refractivity contribution is 5.71. The fourth-order valence-electron chi connectivity index (χ4n) is 1.62. The first kappa shape index (κ1) is 14.5. The second-order valence-electron chi connectivity index (χ2n) is 4.40. The smallest absolute Gasteiger partial charge is 0.307 e. The summed E-state index contributed by atoms with van der Waals surface area (Å²) in [7, 11) is 0. The zero-order chi connectivity index (χ0) is 13.6. The number of aliphatic carboxylic acids is 1. The Bertz CT molecular complexity index is 397. The lowest BCUT2D eigenvalue weighted by Crippen LogP contribution is -2.34. The molecule has 100 valence electrons. The summed E-state index contributed by atoms with van der Waals surface area (Å²) in [5.41, 5.74) is -0.226. The minimum atomic E-state index is -0.896. The summed E-state index contributed by atoms with van der Waals surface area (Å²) in [4.78, 5) is 10.7. The molecule has 0 atom stereocenters. The van der Waals surface area contributed by atoms with Crippen molar-refractivity contribution in [3.05, 3.63) is 29.8 Å². The fourth-order valence-corrected chi connectivity index (χ4v) is 1.62. The van der Waals surface area contributed by atoms with Crippen molar-refractivity contribution in [2.75, 3.05) is 6.61 Å². The molecular formula is C14H20O4. The molecule has 4 heteroatoms. The van der Waals surface area contributed by atoms with E-state index in [1.165, 1.54) is 0 Å². The number of hydrogen-bond donors (Lipinski definition) is 2. The molecular weight excluding hydrogens is 232 g/mol. The minimum Gasteiger partial charge on any atom is -0.490 e. The maximum Gasteiger partial charge on any atom is 0.307 e. The number of rotatable bonds is 7. The number of hydrogen-bond acceptors (Lipinski definition) is 3. The summed E-state index contributed by atoms with van der Waals surface area (Å²) in [6.07, 6.45) is 1.13. The van der Waals surface area contributed by atoms with Crippen molar-refractivity contribution in [2.45, 2.75) is 38.7 Å². The zero-order valence-corrected chi connectivity index (χ0v) is 10.8. The summed E-state index contributed by atoms with van der Waals surface area (Å²) in [5.74, 6) is -0.368. The van der Waals surface area contributed by atoms with Crippen LogP contribution in [0.3, 0.4) is 0 Å². The third kappa shape index (κ3) is 4.04. The topological polar surface area (TPSA) is 66.8 Å². The van der Waals surface area contributed by atoms with Crippen molar-refractivity contribution >= 4 is 5.97 Å². The molecule has 0 aliphatic rings. The third-order valence-electron chi connectivity index (χ3n) is 3.13. The summed E-state index contributed by atoms with van der Waals surface area (Å²) in [5, 5.41) is 18.9. The molecule has 1 aromatic carbocycles. The lowest BCUT2D eigenvalue weighted by Gasteiger charge is -2.25. The largest absolute Gasteiger partial charge is 0.490 e. The molecule has 1 rings (SSSR count). The molecule has 0 unspecified atom stereocenters. The van der Waals surface area contributed by atoms with Gasteiger partial charge in [-0.3, -0.25) is 4.79 Å². The Kier molecular flexibility index (Phi) is 5.16. The van der Waals surface area contributed by atoms with Gasteiger partial charge in [0.05, 0.1) is 12.0 Å². The van der Waals surface area contributed by atoms with Gasteiger partial charge in [0.2, 0.25) is 0 Å². The molecule has 0 spiro atoms. The molecule has 0 aromatic heterocycles. The highest BCUT2D eigenvalue weighted by atomic mass is 16.5. The van der Waals surface area contributed by atoms with Crippen molar-refractivity contribution < 1.29 is 19.7 Å². The Balaban J connectivity index is 2.75. The van der Waals surface area contributed by atoms with E-state index in [1.807, 2.05) is 13.8 Å². The van der Waals surface area contributed by atoms with Gasteiger partial charge in [0.1, 0.15) is 12.4 Å². The summed E-state index contributed by atoms with van der Waals surface area (Å²) in [6.45, 7) is 3.97. The van der Waals surface area contributed by atoms with E-state index in [0.717, 1.165) is 0 Å². The standard InChI is InChI=1S/C14H20O4/c1-3-14(17,4-2)10-18-12-8-6-5-7-11(12)9-13(15)16/h5-8,17H,3-4,9-10H2,1-2H3,(H,15,16). The minimum absolute atomic E-state index is 0.0765. The van der Waals surface area contributed by atoms with Crippen LogP contribution in [0.1, 0.15) is 32.3 Å². The van der Waals surface area contributed by atoms with E-state index < -0.39 is 11.6 Å². The number of ether oxygens (including phenoxy) is 1. The van der Waals surface area contributed by atoms with Crippen LogP contribution in [0, 0.1) is 0 Å². The highest BCUT2D eigenvalue weighted by Gasteiger charge is 2.23. The van der Waals surface area contributed by atoms with Crippen molar-refractivity contribution in [1.29, 1.82) is 0 Å². The average molecular weight is 252 g/mol. The summed E-state index contributed by atoms with van der Waals surface area (Å²) < 4.78 is 5.57. The molecule has 0 aliphatic carbocycles. The van der Waals surface area contributed by atoms with Crippen LogP contribution in [0.4, 0.5) is 0 Å². The van der Waals surface area contributed by atoms with E-state index in [4.69, 9.17) is 9.84 Å². The van der Waals surface area contributed by atoms with E-state index in [-0.39, 0.29) is 13.0 Å². The van der Waals surface area contributed by atoms with Gasteiger partial charge >= 0.3 is 5.97 Å². The first-order valence-corrected chi connectivity index (χ1v) is 6.15. The van der Waals surface area contributed by atoms with Crippen LogP contribution in [0.2, 0.25) is 0 Å². The highest BCUT2D eigenvalue weighted by Crippen LogP contribution is 2.22. The van der Waals surface area contributed by atoms with E-state index >= 15 is 0 Å². The van der Waals surface area contributed by atoms with Gasteiger partial charge in [-0.2, -0.15) is 0 Å². The van der Waals surface area contributed by atoms with Gasteiger partial charge in [0.25, 0.3) is 0 Å². The Morgan fingerprint density at radius 1 is 1.28 bits per heavy atom. The normalized spacial score (nSPS) is 11.3. The van der Waals surface area contributed by atoms with Gasteiger partial charge in [-0.05, 0) is 18.9 Å². The second-order valence-corrected chi connectivity index (χ2v) is 4.40. The van der Waals surface area contributed by atoms with Gasteiger partial charge in [0, 0.05) is 5.56 Å². The molecule has 0 bridgehead atoms. The van der Waals surface area contributed by atoms with Crippen LogP contribution < -0.4 is 4.74 Å². The van der Waals surface area contributed by atoms with Gasteiger partial charge in [-0.1, -0.05) is 32.0 Å². The zero-order valence-electron chi connectivity index (χ0n) is 10.8. The monoisotopic (exact) mass is 252 g/mol. The van der Waals surface area contributed by atoms with Gasteiger partial charge < -0.3 is 14.9 Å². The molecule has 18 heavy (non-hydrogen) atoms. The molecule has 4 nitrogen and oxygen atoms in total. The SMILES string of the molecule is CCC(O)(CC)COc1ccccc1CC(=O)O. The number of aliphatic hydroxyl groups is 1. The van der Waals surface area contributed by atoms with Crippen molar-refractivity contribution in [2.24, 2.45) is 0 Å². The van der Waals surface area contributed by atoms with Crippen molar-refractivity contribution in [1.82, 2.24) is 0 Å². The van der Waals surface area contributed by atoms with Crippen LogP contribution in [0.5, 0.6) is 5.75 Å². The van der Waals surface area contributed by atoms with Gasteiger partial charge in [0.15, 0.2) is 0 Å². The predicted octanol–water partition coefficient (Wildman–Crippen LogP) is 2.24. The van der Waals surface area contributed by atoms with Crippen LogP contribution in [-0.2, 0) is 11.2 Å². The van der Waals surface area contributed by atoms with E-state index in [0.29, 0.717) is 24.2 Å². The van der Waals surface area contributed by atoms with Crippen molar-refractivity contribution in [3.8, 4) is 5.75 Å². The van der Waals surface area contributed by atoms with Crippen molar-refractivity contribution in [3.63, 3.8) is 0 Å². The average Bonchev–Trinajstić information content (AvgIpc) is 2.37. The molecule has 0 saturated carbocycles. The maximum atomic E-state index is 10.7. The first-order valence-electron chi connectivity index (χ1n) is 6.15. The molecule has 0 amide bonds. The number of benzene rings is 1. The van der Waals surface area contributed by atoms with Crippen LogP contribution in [-0.4, -0.2) is 28.4 Å². The fraction of sp³-hybridized carbons (Fsp3) is 0.500. The van der Waals surface area contributed by atoms with Gasteiger partial charge in [-0.15, -0.1) is 0 Å². The molecule has 0 saturated heterocycles. The Morgan fingerprint density at radius 2 is 1.89 bits per heavy atom. The number of para-hydroxylation sites is 1. The summed E-state index contributed by atoms with van der Waals surface area (Å²) in [6, 6.07) is 7.01. The lowest BCUT2D eigenvalue weighted by molar-refractivity contribution is -0.136. The van der Waals surface area contributed by atoms with E-state index in [2.05, 4.69) is 0 Å². The van der Waals surface area contributed by atoms with E-state index in [9.17, 15) is 9.90 Å². The van der Waals surface area contributed by atoms with Crippen LogP contribution in [0.25, 0.3) is 0 Å². The van der Waals surface area contributed by atoms with Crippen LogP contribution in [0.15, 0.2) is 24.3 Å². The molecule has 1 aromatic rings. The van der Waals surface area contributed by atoms with E-state index in [1.54, 1.807) is 24.3 Å². The third-order valence-corrected chi connectivity index (χ3v) is 3.13. The quantitative estimate of drug-likeness (QED) is 0.781. The maximum absolute atomic E-state index is 10.7. The van der Waals surface area contributed by atoms with Gasteiger partial charge in [-0.25, -0.2) is 0 Å². The molecule has 2 N–H and O–H groups in total. The Morgan fingerprint density at radius 3 is 2.44 bits per heavy atom. The lowest BCUT2D eigenvalue weighted by atomic mass is 9.99. The molecule has 0 heterocycles. The predicted molar refractivity (Wildman–Crippen MR) is 68.8 cm³/mol. The molecule has 0 fully saturated rings. The van der Waals surface area contributed by atoms with Crippen LogP contribution >= 0.6 is 0 Å².